The van der Waals surface area contributed by atoms with Crippen LogP contribution in [0, 0.1) is 13.8 Å². The van der Waals surface area contributed by atoms with Gasteiger partial charge < -0.3 is 9.47 Å². The maximum Gasteiger partial charge on any atom is 0.344 e. The fourth-order valence-electron chi connectivity index (χ4n) is 3.61. The molecule has 0 radical (unpaired) electrons. The Hall–Kier alpha value is -4.18. The first-order valence-corrected chi connectivity index (χ1v) is 13.7. The summed E-state index contributed by atoms with van der Waals surface area (Å²) in [4.78, 5) is 24.7. The van der Waals surface area contributed by atoms with Gasteiger partial charge >= 0.3 is 5.97 Å². The van der Waals surface area contributed by atoms with Crippen molar-refractivity contribution in [1.82, 2.24) is 5.43 Å². The van der Waals surface area contributed by atoms with Crippen molar-refractivity contribution in [1.29, 1.82) is 0 Å². The molecule has 0 aromatic heterocycles. The summed E-state index contributed by atoms with van der Waals surface area (Å²) < 4.78 is 38.6. The van der Waals surface area contributed by atoms with Crippen molar-refractivity contribution in [2.24, 2.45) is 5.10 Å². The first-order chi connectivity index (χ1) is 18.3. The van der Waals surface area contributed by atoms with Gasteiger partial charge in [0.1, 0.15) is 17.9 Å². The molecule has 10 heteroatoms. The van der Waals surface area contributed by atoms with Gasteiger partial charge in [-0.15, -0.1) is 0 Å². The van der Waals surface area contributed by atoms with Crippen LogP contribution in [0.4, 0.5) is 5.69 Å². The standard InChI is InChI=1S/C29H33N3O6S/c1-21-11-16-26(22(2)17-21)32(39(35,36)25-9-7-6-8-10-25)19-27(33)31-30-18-23-12-14-24(15-13-23)37-20-28(34)38-29(3,4)5/h6-18H,19-20H2,1-5H3,(H,31,33). The van der Waals surface area contributed by atoms with E-state index in [-0.39, 0.29) is 11.5 Å². The summed E-state index contributed by atoms with van der Waals surface area (Å²) >= 11 is 0. The number of rotatable bonds is 10. The number of carbonyl (C=O) groups excluding carboxylic acids is 2. The van der Waals surface area contributed by atoms with Gasteiger partial charge in [0.2, 0.25) is 0 Å². The third-order valence-corrected chi connectivity index (χ3v) is 7.07. The van der Waals surface area contributed by atoms with Crippen LogP contribution in [0.5, 0.6) is 5.75 Å². The summed E-state index contributed by atoms with van der Waals surface area (Å²) in [5, 5.41) is 3.96. The first kappa shape index (κ1) is 29.4. The quantitative estimate of drug-likeness (QED) is 0.227. The molecule has 0 unspecified atom stereocenters. The molecule has 1 amide bonds. The molecule has 206 valence electrons. The van der Waals surface area contributed by atoms with E-state index in [9.17, 15) is 18.0 Å². The van der Waals surface area contributed by atoms with Crippen molar-refractivity contribution in [3.8, 4) is 5.75 Å². The fourth-order valence-corrected chi connectivity index (χ4v) is 5.12. The number of hydrogen-bond donors (Lipinski definition) is 1. The van der Waals surface area contributed by atoms with Crippen molar-refractivity contribution in [2.75, 3.05) is 17.5 Å². The SMILES string of the molecule is Cc1ccc(N(CC(=O)NN=Cc2ccc(OCC(=O)OC(C)(C)C)cc2)S(=O)(=O)c2ccccc2)c(C)c1. The predicted molar refractivity (Wildman–Crippen MR) is 150 cm³/mol. The van der Waals surface area contributed by atoms with Gasteiger partial charge in [-0.25, -0.2) is 18.6 Å². The average molecular weight is 552 g/mol. The van der Waals surface area contributed by atoms with E-state index in [1.807, 2.05) is 13.0 Å². The van der Waals surface area contributed by atoms with E-state index < -0.39 is 34.0 Å². The number of nitrogens with zero attached hydrogens (tertiary/aromatic N) is 2. The van der Waals surface area contributed by atoms with Gasteiger partial charge in [-0.1, -0.05) is 35.9 Å². The predicted octanol–water partition coefficient (Wildman–Crippen LogP) is 4.37. The molecule has 0 spiro atoms. The third kappa shape index (κ3) is 8.68. The number of carbonyl (C=O) groups is 2. The second-order valence-electron chi connectivity index (χ2n) is 9.85. The monoisotopic (exact) mass is 551 g/mol. The van der Waals surface area contributed by atoms with Crippen LogP contribution in [-0.2, 0) is 24.3 Å². The molecule has 0 bridgehead atoms. The van der Waals surface area contributed by atoms with Crippen LogP contribution in [0.25, 0.3) is 0 Å². The van der Waals surface area contributed by atoms with E-state index in [0.717, 1.165) is 15.4 Å². The summed E-state index contributed by atoms with van der Waals surface area (Å²) in [6.07, 6.45) is 1.42. The lowest BCUT2D eigenvalue weighted by Gasteiger charge is -2.25. The van der Waals surface area contributed by atoms with Gasteiger partial charge in [0.25, 0.3) is 15.9 Å². The Labute approximate surface area is 229 Å². The molecule has 0 saturated heterocycles. The third-order valence-electron chi connectivity index (χ3n) is 5.30. The second-order valence-corrected chi connectivity index (χ2v) is 11.7. The van der Waals surface area contributed by atoms with Gasteiger partial charge in [-0.05, 0) is 88.2 Å². The van der Waals surface area contributed by atoms with E-state index in [1.54, 1.807) is 82.3 Å². The highest BCUT2D eigenvalue weighted by Gasteiger charge is 2.28. The van der Waals surface area contributed by atoms with E-state index >= 15 is 0 Å². The van der Waals surface area contributed by atoms with Gasteiger partial charge in [-0.2, -0.15) is 5.10 Å². The molecule has 39 heavy (non-hydrogen) atoms. The lowest BCUT2D eigenvalue weighted by molar-refractivity contribution is -0.157. The van der Waals surface area contributed by atoms with Crippen LogP contribution in [0.2, 0.25) is 0 Å². The zero-order chi connectivity index (χ0) is 28.6. The van der Waals surface area contributed by atoms with Crippen LogP contribution >= 0.6 is 0 Å². The van der Waals surface area contributed by atoms with Crippen LogP contribution in [0.3, 0.4) is 0 Å². The fraction of sp³-hybridized carbons (Fsp3) is 0.276. The number of benzene rings is 3. The molecule has 3 rings (SSSR count). The zero-order valence-corrected chi connectivity index (χ0v) is 23.5. The van der Waals surface area contributed by atoms with Crippen LogP contribution in [0.1, 0.15) is 37.5 Å². The molecule has 0 atom stereocenters. The van der Waals surface area contributed by atoms with Crippen molar-refractivity contribution in [3.63, 3.8) is 0 Å². The minimum Gasteiger partial charge on any atom is -0.482 e. The molecule has 0 aliphatic carbocycles. The molecule has 1 N–H and O–H groups in total. The maximum atomic E-state index is 13.5. The molecule has 3 aromatic rings. The summed E-state index contributed by atoms with van der Waals surface area (Å²) in [5.74, 6) is -0.611. The normalized spacial score (nSPS) is 11.7. The van der Waals surface area contributed by atoms with Crippen LogP contribution < -0.4 is 14.5 Å². The summed E-state index contributed by atoms with van der Waals surface area (Å²) in [7, 11) is -4.01. The number of nitrogens with one attached hydrogen (secondary N) is 1. The van der Waals surface area contributed by atoms with E-state index in [4.69, 9.17) is 9.47 Å². The first-order valence-electron chi connectivity index (χ1n) is 12.3. The molecule has 0 aliphatic heterocycles. The Morgan fingerprint density at radius 2 is 1.64 bits per heavy atom. The molecule has 0 aliphatic rings. The summed E-state index contributed by atoms with van der Waals surface area (Å²) in [5.41, 5.74) is 4.56. The number of aryl methyl sites for hydroxylation is 2. The largest absolute Gasteiger partial charge is 0.482 e. The maximum absolute atomic E-state index is 13.5. The molecular formula is C29H33N3O6S. The minimum absolute atomic E-state index is 0.0789. The topological polar surface area (TPSA) is 114 Å². The number of hydrogen-bond acceptors (Lipinski definition) is 7. The number of esters is 1. The summed E-state index contributed by atoms with van der Waals surface area (Å²) in [6.45, 7) is 8.36. The van der Waals surface area contributed by atoms with Crippen LogP contribution in [-0.4, -0.2) is 45.3 Å². The van der Waals surface area contributed by atoms with Gasteiger partial charge in [0.05, 0.1) is 16.8 Å². The number of amides is 1. The molecule has 0 heterocycles. The summed E-state index contributed by atoms with van der Waals surface area (Å²) in [6, 6.07) is 20.0. The Morgan fingerprint density at radius 1 is 0.974 bits per heavy atom. The van der Waals surface area contributed by atoms with Crippen molar-refractivity contribution in [3.05, 3.63) is 89.5 Å². The highest BCUT2D eigenvalue weighted by Crippen LogP contribution is 2.27. The van der Waals surface area contributed by atoms with Crippen molar-refractivity contribution >= 4 is 33.8 Å². The highest BCUT2D eigenvalue weighted by atomic mass is 32.2. The molecule has 0 saturated carbocycles. The number of sulfonamides is 1. The van der Waals surface area contributed by atoms with Crippen molar-refractivity contribution in [2.45, 2.75) is 45.1 Å². The van der Waals surface area contributed by atoms with Crippen LogP contribution in [0.15, 0.2) is 82.8 Å². The lowest BCUT2D eigenvalue weighted by Crippen LogP contribution is -2.40. The number of anilines is 1. The Bertz CT molecular complexity index is 1430. The van der Waals surface area contributed by atoms with Crippen molar-refractivity contribution < 1.29 is 27.5 Å². The zero-order valence-electron chi connectivity index (χ0n) is 22.7. The minimum atomic E-state index is -4.01. The number of ether oxygens (including phenoxy) is 2. The molecule has 0 fully saturated rings. The van der Waals surface area contributed by atoms with Gasteiger partial charge in [0.15, 0.2) is 6.61 Å². The van der Waals surface area contributed by atoms with Gasteiger partial charge in [-0.3, -0.25) is 9.10 Å². The molecule has 3 aromatic carbocycles. The molecule has 9 nitrogen and oxygen atoms in total. The molecular weight excluding hydrogens is 518 g/mol. The van der Waals surface area contributed by atoms with E-state index in [2.05, 4.69) is 10.5 Å². The Balaban J connectivity index is 1.66. The van der Waals surface area contributed by atoms with E-state index in [0.29, 0.717) is 17.0 Å². The highest BCUT2D eigenvalue weighted by molar-refractivity contribution is 7.92. The lowest BCUT2D eigenvalue weighted by atomic mass is 10.1. The second kappa shape index (κ2) is 12.6. The van der Waals surface area contributed by atoms with Gasteiger partial charge in [0, 0.05) is 0 Å². The van der Waals surface area contributed by atoms with E-state index in [1.165, 1.54) is 18.3 Å². The smallest absolute Gasteiger partial charge is 0.344 e. The Morgan fingerprint density at radius 3 is 2.26 bits per heavy atom. The Kier molecular flexibility index (Phi) is 9.47. The average Bonchev–Trinajstić information content (AvgIpc) is 2.87. The number of hydrazone groups is 1.